The Morgan fingerprint density at radius 2 is 1.55 bits per heavy atom. The van der Waals surface area contributed by atoms with E-state index in [-0.39, 0.29) is 23.9 Å². The third-order valence-corrected chi connectivity index (χ3v) is 5.93. The van der Waals surface area contributed by atoms with Crippen molar-refractivity contribution in [3.8, 4) is 11.3 Å². The quantitative estimate of drug-likeness (QED) is 0.375. The summed E-state index contributed by atoms with van der Waals surface area (Å²) in [6.45, 7) is 2.11. The molecule has 0 spiro atoms. The molecule has 6 nitrogen and oxygen atoms in total. The molecule has 0 aliphatic heterocycles. The van der Waals surface area contributed by atoms with E-state index in [0.29, 0.717) is 17.2 Å². The molecule has 3 aromatic carbocycles. The molecule has 2 heterocycles. The zero-order valence-electron chi connectivity index (χ0n) is 18.3. The highest BCUT2D eigenvalue weighted by Crippen LogP contribution is 2.22. The fourth-order valence-electron chi connectivity index (χ4n) is 4.27. The lowest BCUT2D eigenvalue weighted by molar-refractivity contribution is -0.122. The molecular formula is C27H24N4O2. The molecule has 2 N–H and O–H groups in total. The zero-order chi connectivity index (χ0) is 22.8. The summed E-state index contributed by atoms with van der Waals surface area (Å²) in [5.41, 5.74) is 3.43. The molecule has 0 saturated heterocycles. The maximum atomic E-state index is 13.2. The van der Waals surface area contributed by atoms with Crippen LogP contribution in [-0.4, -0.2) is 20.4 Å². The van der Waals surface area contributed by atoms with Crippen molar-refractivity contribution in [2.45, 2.75) is 25.9 Å². The van der Waals surface area contributed by atoms with Crippen molar-refractivity contribution in [3.05, 3.63) is 101 Å². The molecule has 0 aliphatic carbocycles. The minimum atomic E-state index is -0.244. The van der Waals surface area contributed by atoms with Crippen LogP contribution in [0.25, 0.3) is 33.1 Å². The van der Waals surface area contributed by atoms with Gasteiger partial charge in [-0.3, -0.25) is 9.59 Å². The Morgan fingerprint density at radius 1 is 0.939 bits per heavy atom. The molecule has 1 unspecified atom stereocenters. The minimum absolute atomic E-state index is 0.0201. The Hall–Kier alpha value is -4.19. The molecule has 0 aliphatic rings. The summed E-state index contributed by atoms with van der Waals surface area (Å²) in [6, 6.07) is 24.6. The number of amides is 1. The van der Waals surface area contributed by atoms with Gasteiger partial charge in [0, 0.05) is 10.8 Å². The lowest BCUT2D eigenvalue weighted by atomic mass is 10.1. The third kappa shape index (κ3) is 3.91. The largest absolute Gasteiger partial charge is 0.345 e. The fraction of sp³-hybridized carbons (Fsp3) is 0.148. The first-order valence-electron chi connectivity index (χ1n) is 11.1. The van der Waals surface area contributed by atoms with Crippen LogP contribution >= 0.6 is 0 Å². The van der Waals surface area contributed by atoms with E-state index >= 15 is 0 Å². The van der Waals surface area contributed by atoms with Crippen LogP contribution in [0.2, 0.25) is 0 Å². The van der Waals surface area contributed by atoms with Gasteiger partial charge in [-0.25, -0.2) is 4.98 Å². The molecule has 1 amide bonds. The number of aromatic amines is 1. The lowest BCUT2D eigenvalue weighted by Gasteiger charge is -2.18. The Morgan fingerprint density at radius 3 is 2.18 bits per heavy atom. The van der Waals surface area contributed by atoms with E-state index in [9.17, 15) is 9.59 Å². The van der Waals surface area contributed by atoms with Gasteiger partial charge in [0.15, 0.2) is 5.43 Å². The van der Waals surface area contributed by atoms with Crippen molar-refractivity contribution < 1.29 is 4.79 Å². The number of pyridine rings is 1. The molecular weight excluding hydrogens is 412 g/mol. The first kappa shape index (κ1) is 20.7. The number of nitrogens with one attached hydrogen (secondary N) is 2. The number of fused-ring (bicyclic) bond motifs is 2. The van der Waals surface area contributed by atoms with Crippen LogP contribution in [-0.2, 0) is 11.3 Å². The van der Waals surface area contributed by atoms with E-state index in [1.165, 1.54) is 0 Å². The first-order chi connectivity index (χ1) is 16.2. The smallest absolute Gasteiger partial charge is 0.240 e. The molecule has 1 atom stereocenters. The van der Waals surface area contributed by atoms with Crippen molar-refractivity contribution >= 4 is 27.7 Å². The summed E-state index contributed by atoms with van der Waals surface area (Å²) in [4.78, 5) is 33.9. The Labute approximate surface area is 190 Å². The number of hydrogen-bond donors (Lipinski definition) is 2. The fourth-order valence-corrected chi connectivity index (χ4v) is 4.27. The van der Waals surface area contributed by atoms with Gasteiger partial charge in [-0.05, 0) is 36.2 Å². The van der Waals surface area contributed by atoms with Gasteiger partial charge in [0.2, 0.25) is 5.91 Å². The van der Waals surface area contributed by atoms with Crippen molar-refractivity contribution in [2.75, 3.05) is 0 Å². The highest BCUT2D eigenvalue weighted by atomic mass is 16.2. The van der Waals surface area contributed by atoms with E-state index in [1.54, 1.807) is 18.3 Å². The third-order valence-electron chi connectivity index (χ3n) is 5.93. The molecule has 0 radical (unpaired) electrons. The predicted molar refractivity (Wildman–Crippen MR) is 131 cm³/mol. The maximum absolute atomic E-state index is 13.2. The van der Waals surface area contributed by atoms with E-state index in [2.05, 4.69) is 15.3 Å². The second-order valence-corrected chi connectivity index (χ2v) is 8.03. The molecule has 6 heteroatoms. The lowest BCUT2D eigenvalue weighted by Crippen LogP contribution is -2.32. The molecule has 5 rings (SSSR count). The van der Waals surface area contributed by atoms with Crippen molar-refractivity contribution in [2.24, 2.45) is 0 Å². The molecule has 5 aromatic rings. The van der Waals surface area contributed by atoms with Gasteiger partial charge < -0.3 is 14.9 Å². The Balaban J connectivity index is 1.45. The average molecular weight is 437 g/mol. The number of benzene rings is 3. The number of carbonyl (C=O) groups is 1. The molecule has 2 aromatic heterocycles. The number of H-pyrrole nitrogens is 1. The van der Waals surface area contributed by atoms with Gasteiger partial charge >= 0.3 is 0 Å². The molecule has 164 valence electrons. The number of aromatic nitrogens is 3. The van der Waals surface area contributed by atoms with Gasteiger partial charge in [-0.15, -0.1) is 0 Å². The highest BCUT2D eigenvalue weighted by molar-refractivity contribution is 5.94. The van der Waals surface area contributed by atoms with Gasteiger partial charge in [-0.1, -0.05) is 61.5 Å². The standard InChI is InChI=1S/C27H24N4O2/c1-2-21(27-28-16-22(30-27)18-10-4-3-5-11-18)29-25(32)17-31-23-14-8-6-12-19(23)26(33)20-13-7-9-15-24(20)31/h3-16,21H,2,17H2,1H3,(H,28,30)(H,29,32). The van der Waals surface area contributed by atoms with Crippen LogP contribution < -0.4 is 10.7 Å². The highest BCUT2D eigenvalue weighted by Gasteiger charge is 2.18. The molecule has 0 bridgehead atoms. The summed E-state index contributed by atoms with van der Waals surface area (Å²) in [5, 5.41) is 4.32. The zero-order valence-corrected chi connectivity index (χ0v) is 18.3. The van der Waals surface area contributed by atoms with E-state index in [0.717, 1.165) is 28.1 Å². The number of rotatable bonds is 6. The Bertz CT molecular complexity index is 1440. The maximum Gasteiger partial charge on any atom is 0.240 e. The SMILES string of the molecule is CCC(NC(=O)Cn1c2ccccc2c(=O)c2ccccc21)c1ncc(-c2ccccc2)[nH]1. The number of para-hydroxylation sites is 2. The number of carbonyl (C=O) groups excluding carboxylic acids is 1. The number of imidazole rings is 1. The van der Waals surface area contributed by atoms with Crippen molar-refractivity contribution in [1.29, 1.82) is 0 Å². The number of hydrogen-bond acceptors (Lipinski definition) is 3. The first-order valence-corrected chi connectivity index (χ1v) is 11.1. The van der Waals surface area contributed by atoms with Crippen LogP contribution in [0.1, 0.15) is 25.2 Å². The second kappa shape index (κ2) is 8.74. The molecule has 0 fully saturated rings. The van der Waals surface area contributed by atoms with Crippen molar-refractivity contribution in [1.82, 2.24) is 19.9 Å². The summed E-state index contributed by atoms with van der Waals surface area (Å²) < 4.78 is 1.91. The monoisotopic (exact) mass is 436 g/mol. The molecule has 33 heavy (non-hydrogen) atoms. The Kier molecular flexibility index (Phi) is 5.48. The predicted octanol–water partition coefficient (Wildman–Crippen LogP) is 4.81. The van der Waals surface area contributed by atoms with Crippen LogP contribution in [0.4, 0.5) is 0 Å². The van der Waals surface area contributed by atoms with Crippen LogP contribution in [0, 0.1) is 0 Å². The molecule has 0 saturated carbocycles. The second-order valence-electron chi connectivity index (χ2n) is 8.03. The topological polar surface area (TPSA) is 79.8 Å². The van der Waals surface area contributed by atoms with E-state index in [1.807, 2.05) is 78.2 Å². The van der Waals surface area contributed by atoms with Gasteiger partial charge in [-0.2, -0.15) is 0 Å². The van der Waals surface area contributed by atoms with E-state index in [4.69, 9.17) is 0 Å². The summed E-state index contributed by atoms with van der Waals surface area (Å²) in [7, 11) is 0. The minimum Gasteiger partial charge on any atom is -0.345 e. The summed E-state index contributed by atoms with van der Waals surface area (Å²) in [6.07, 6.45) is 2.49. The van der Waals surface area contributed by atoms with Gasteiger partial charge in [0.25, 0.3) is 0 Å². The van der Waals surface area contributed by atoms with Crippen LogP contribution in [0.15, 0.2) is 89.9 Å². The average Bonchev–Trinajstić information content (AvgIpc) is 3.36. The van der Waals surface area contributed by atoms with Crippen molar-refractivity contribution in [3.63, 3.8) is 0 Å². The van der Waals surface area contributed by atoms with Crippen LogP contribution in [0.5, 0.6) is 0 Å². The normalized spacial score (nSPS) is 12.2. The summed E-state index contributed by atoms with van der Waals surface area (Å²) >= 11 is 0. The van der Waals surface area contributed by atoms with E-state index < -0.39 is 0 Å². The van der Waals surface area contributed by atoms with Gasteiger partial charge in [0.05, 0.1) is 29.0 Å². The number of nitrogens with zero attached hydrogens (tertiary/aromatic N) is 2. The van der Waals surface area contributed by atoms with Crippen LogP contribution in [0.3, 0.4) is 0 Å². The summed E-state index contributed by atoms with van der Waals surface area (Å²) in [5.74, 6) is 0.581. The van der Waals surface area contributed by atoms with Gasteiger partial charge in [0.1, 0.15) is 12.4 Å².